The van der Waals surface area contributed by atoms with Gasteiger partial charge >= 0.3 is 0 Å². The molecular formula is C22H28O4. The summed E-state index contributed by atoms with van der Waals surface area (Å²) in [5.41, 5.74) is -0.999. The molecule has 8 atom stereocenters. The smallest absolute Gasteiger partial charge is 0.178 e. The van der Waals surface area contributed by atoms with Gasteiger partial charge in [-0.3, -0.25) is 9.59 Å². The van der Waals surface area contributed by atoms with Crippen LogP contribution in [-0.2, 0) is 14.3 Å². The predicted molar refractivity (Wildman–Crippen MR) is 96.3 cm³/mol. The molecule has 0 aromatic carbocycles. The van der Waals surface area contributed by atoms with Crippen LogP contribution in [0.25, 0.3) is 0 Å². The van der Waals surface area contributed by atoms with Gasteiger partial charge in [-0.1, -0.05) is 25.5 Å². The Morgan fingerprint density at radius 3 is 2.73 bits per heavy atom. The molecule has 4 aliphatic carbocycles. The molecule has 0 aromatic rings. The maximum absolute atomic E-state index is 12.5. The first kappa shape index (κ1) is 16.9. The van der Waals surface area contributed by atoms with Crippen molar-refractivity contribution in [2.24, 2.45) is 28.6 Å². The number of fused-ring (bicyclic) bond motifs is 3. The fourth-order valence-electron chi connectivity index (χ4n) is 7.73. The van der Waals surface area contributed by atoms with Gasteiger partial charge in [0, 0.05) is 10.8 Å². The molecule has 0 bridgehead atoms. The molecule has 140 valence electrons. The molecule has 26 heavy (non-hydrogen) atoms. The number of Topliss-reactive ketones (excluding diaryl/α,β-unsaturated/α-hetero) is 1. The van der Waals surface area contributed by atoms with E-state index in [9.17, 15) is 14.7 Å². The Morgan fingerprint density at radius 2 is 2.04 bits per heavy atom. The maximum Gasteiger partial charge on any atom is 0.178 e. The Morgan fingerprint density at radius 1 is 1.31 bits per heavy atom. The highest BCUT2D eigenvalue weighted by Gasteiger charge is 2.81. The van der Waals surface area contributed by atoms with Crippen LogP contribution in [0.2, 0.25) is 0 Å². The average Bonchev–Trinajstić information content (AvgIpc) is 3.25. The van der Waals surface area contributed by atoms with E-state index in [1.807, 2.05) is 6.92 Å². The van der Waals surface area contributed by atoms with Gasteiger partial charge in [0.15, 0.2) is 11.6 Å². The predicted octanol–water partition coefficient (Wildman–Crippen LogP) is 2.99. The number of allylic oxidation sites excluding steroid dienone is 2. The van der Waals surface area contributed by atoms with E-state index in [4.69, 9.17) is 4.74 Å². The van der Waals surface area contributed by atoms with E-state index in [-0.39, 0.29) is 40.5 Å². The lowest BCUT2D eigenvalue weighted by Crippen LogP contribution is -2.61. The van der Waals surface area contributed by atoms with Crippen LogP contribution in [0.15, 0.2) is 23.8 Å². The van der Waals surface area contributed by atoms with Crippen LogP contribution >= 0.6 is 0 Å². The second-order valence-corrected chi connectivity index (χ2v) is 9.84. The zero-order chi connectivity index (χ0) is 18.7. The average molecular weight is 356 g/mol. The molecule has 3 saturated carbocycles. The molecular weight excluding hydrogens is 328 g/mol. The molecule has 0 amide bonds. The first-order valence-electron chi connectivity index (χ1n) is 9.97. The first-order valence-corrected chi connectivity index (χ1v) is 9.97. The van der Waals surface area contributed by atoms with Crippen molar-refractivity contribution in [1.29, 1.82) is 0 Å². The van der Waals surface area contributed by atoms with Gasteiger partial charge in [-0.25, -0.2) is 0 Å². The van der Waals surface area contributed by atoms with E-state index in [0.717, 1.165) is 25.7 Å². The van der Waals surface area contributed by atoms with Crippen LogP contribution in [0, 0.1) is 28.6 Å². The topological polar surface area (TPSA) is 66.9 Å². The fraction of sp³-hybridized carbons (Fsp3) is 0.727. The number of rotatable bonds is 1. The van der Waals surface area contributed by atoms with Crippen molar-refractivity contribution in [3.8, 4) is 0 Å². The van der Waals surface area contributed by atoms with Crippen LogP contribution in [0.4, 0.5) is 0 Å². The number of hydrogen-bond donors (Lipinski definition) is 1. The Balaban J connectivity index is 1.62. The molecule has 1 heterocycles. The highest BCUT2D eigenvalue weighted by Crippen LogP contribution is 2.76. The quantitative estimate of drug-likeness (QED) is 0.734. The van der Waals surface area contributed by atoms with E-state index >= 15 is 0 Å². The van der Waals surface area contributed by atoms with E-state index in [2.05, 4.69) is 19.9 Å². The lowest BCUT2D eigenvalue weighted by molar-refractivity contribution is -0.160. The minimum absolute atomic E-state index is 0.0298. The Kier molecular flexibility index (Phi) is 2.98. The zero-order valence-corrected chi connectivity index (χ0v) is 16.0. The van der Waals surface area contributed by atoms with E-state index < -0.39 is 11.0 Å². The van der Waals surface area contributed by atoms with E-state index in [0.29, 0.717) is 5.92 Å². The van der Waals surface area contributed by atoms with E-state index in [1.54, 1.807) is 12.2 Å². The second-order valence-electron chi connectivity index (χ2n) is 9.84. The monoisotopic (exact) mass is 356 g/mol. The summed E-state index contributed by atoms with van der Waals surface area (Å²) in [4.78, 5) is 24.4. The van der Waals surface area contributed by atoms with Gasteiger partial charge in [-0.05, 0) is 69.4 Å². The summed E-state index contributed by atoms with van der Waals surface area (Å²) in [5, 5.41) is 11.5. The van der Waals surface area contributed by atoms with E-state index in [1.165, 1.54) is 12.5 Å². The van der Waals surface area contributed by atoms with Gasteiger partial charge < -0.3 is 9.84 Å². The lowest BCUT2D eigenvalue weighted by Gasteiger charge is -2.55. The van der Waals surface area contributed by atoms with Gasteiger partial charge in [-0.15, -0.1) is 0 Å². The number of hydrogen-bond acceptors (Lipinski definition) is 4. The van der Waals surface area contributed by atoms with Crippen molar-refractivity contribution in [3.63, 3.8) is 0 Å². The third kappa shape index (κ3) is 1.53. The Hall–Kier alpha value is -1.26. The largest absolute Gasteiger partial charge is 0.381 e. The second kappa shape index (κ2) is 4.59. The molecule has 1 aliphatic heterocycles. The van der Waals surface area contributed by atoms with Gasteiger partial charge in [0.2, 0.25) is 0 Å². The summed E-state index contributed by atoms with van der Waals surface area (Å²) in [6.45, 7) is 7.89. The number of ketones is 2. The van der Waals surface area contributed by atoms with Crippen molar-refractivity contribution in [2.45, 2.75) is 70.7 Å². The van der Waals surface area contributed by atoms with Crippen molar-refractivity contribution in [1.82, 2.24) is 0 Å². The molecule has 5 aliphatic rings. The van der Waals surface area contributed by atoms with Crippen LogP contribution in [0.1, 0.15) is 53.4 Å². The molecule has 4 heteroatoms. The van der Waals surface area contributed by atoms with Gasteiger partial charge in [0.25, 0.3) is 0 Å². The summed E-state index contributed by atoms with van der Waals surface area (Å²) >= 11 is 0. The maximum atomic E-state index is 12.5. The minimum atomic E-state index is -1.26. The highest BCUT2D eigenvalue weighted by atomic mass is 16.6. The van der Waals surface area contributed by atoms with Crippen LogP contribution in [0.3, 0.4) is 0 Å². The zero-order valence-electron chi connectivity index (χ0n) is 16.0. The van der Waals surface area contributed by atoms with Crippen LogP contribution in [0.5, 0.6) is 0 Å². The van der Waals surface area contributed by atoms with Crippen molar-refractivity contribution < 1.29 is 19.4 Å². The van der Waals surface area contributed by atoms with Crippen molar-refractivity contribution >= 4 is 11.6 Å². The first-order chi connectivity index (χ1) is 12.1. The van der Waals surface area contributed by atoms with Crippen LogP contribution in [-0.4, -0.2) is 34.0 Å². The number of carbonyl (C=O) groups is 2. The van der Waals surface area contributed by atoms with Crippen molar-refractivity contribution in [3.05, 3.63) is 23.8 Å². The standard InChI is InChI=1S/C22H28O4/c1-12-9-17-16-6-5-14-10-15(24)7-8-19(14,3)22(16)18(26-22)11-20(17,4)21(12,25)13(2)23/h7-8,10,12,16-18,25H,5-6,9,11H2,1-4H3/t12?,16-,17-,18?,19-,20-,21-,22?/m0/s1. The fourth-order valence-corrected chi connectivity index (χ4v) is 7.73. The molecule has 3 unspecified atom stereocenters. The van der Waals surface area contributed by atoms with Crippen LogP contribution < -0.4 is 0 Å². The lowest BCUT2D eigenvalue weighted by atomic mass is 9.47. The summed E-state index contributed by atoms with van der Waals surface area (Å²) in [7, 11) is 0. The summed E-state index contributed by atoms with van der Waals surface area (Å²) in [6, 6.07) is 0. The summed E-state index contributed by atoms with van der Waals surface area (Å²) < 4.78 is 6.46. The normalized spacial score (nSPS) is 56.8. The molecule has 5 rings (SSSR count). The third-order valence-electron chi connectivity index (χ3n) is 9.05. The van der Waals surface area contributed by atoms with Gasteiger partial charge in [0.1, 0.15) is 11.2 Å². The number of carbonyl (C=O) groups excluding carboxylic acids is 2. The van der Waals surface area contributed by atoms with Gasteiger partial charge in [-0.2, -0.15) is 0 Å². The molecule has 0 radical (unpaired) electrons. The number of aliphatic hydroxyl groups is 1. The minimum Gasteiger partial charge on any atom is -0.381 e. The molecule has 4 fully saturated rings. The summed E-state index contributed by atoms with van der Waals surface area (Å²) in [5.74, 6) is 0.536. The molecule has 1 spiro atoms. The molecule has 4 nitrogen and oxygen atoms in total. The number of ether oxygens (including phenoxy) is 1. The molecule has 1 saturated heterocycles. The van der Waals surface area contributed by atoms with Gasteiger partial charge in [0.05, 0.1) is 6.10 Å². The molecule has 0 aromatic heterocycles. The SMILES string of the molecule is CC(=O)[C@@]1(O)C(C)C[C@H]2[C@@H]3CCC4=CC(=O)C=C[C@]4(C)C34OC4C[C@@]21C. The Labute approximate surface area is 154 Å². The highest BCUT2D eigenvalue weighted by molar-refractivity contribution is 6.01. The summed E-state index contributed by atoms with van der Waals surface area (Å²) in [6.07, 6.45) is 9.07. The van der Waals surface area contributed by atoms with Crippen molar-refractivity contribution in [2.75, 3.05) is 0 Å². The number of epoxide rings is 1. The Bertz CT molecular complexity index is 796. The third-order valence-corrected chi connectivity index (χ3v) is 9.05. The molecule has 1 N–H and O–H groups in total.